The average Bonchev–Trinajstić information content (AvgIpc) is 2.77. The molecule has 30 heavy (non-hydrogen) atoms. The molecule has 3 rings (SSSR count). The molecule has 7 heteroatoms. The van der Waals surface area contributed by atoms with E-state index in [2.05, 4.69) is 9.97 Å². The molecule has 0 spiro atoms. The number of nitrogens with two attached hydrogens (primary N) is 1. The van der Waals surface area contributed by atoms with Crippen molar-refractivity contribution in [3.63, 3.8) is 0 Å². The van der Waals surface area contributed by atoms with Crippen LogP contribution in [0.4, 0.5) is 15.9 Å². The summed E-state index contributed by atoms with van der Waals surface area (Å²) in [5.74, 6) is -0.241. The normalized spacial score (nSPS) is 10.6. The van der Waals surface area contributed by atoms with Crippen molar-refractivity contribution in [3.8, 4) is 11.3 Å². The summed E-state index contributed by atoms with van der Waals surface area (Å²) in [5.41, 5.74) is 8.27. The molecule has 2 heterocycles. The number of aryl methyl sites for hydroxylation is 1. The number of amides is 1. The van der Waals surface area contributed by atoms with Crippen molar-refractivity contribution in [2.45, 2.75) is 26.2 Å². The molecule has 0 aliphatic heterocycles. The number of pyridine rings is 2. The van der Waals surface area contributed by atoms with E-state index in [1.165, 1.54) is 17.2 Å². The lowest BCUT2D eigenvalue weighted by Crippen LogP contribution is -2.25. The molecule has 0 saturated heterocycles. The van der Waals surface area contributed by atoms with Gasteiger partial charge >= 0.3 is 0 Å². The number of aromatic nitrogens is 2. The first-order valence-electron chi connectivity index (χ1n) is 9.65. The van der Waals surface area contributed by atoms with Crippen molar-refractivity contribution in [3.05, 3.63) is 71.8 Å². The van der Waals surface area contributed by atoms with Crippen LogP contribution in [0.1, 0.15) is 35.7 Å². The van der Waals surface area contributed by atoms with Gasteiger partial charge in [0.05, 0.1) is 5.69 Å². The summed E-state index contributed by atoms with van der Waals surface area (Å²) in [6, 6.07) is 11.4. The van der Waals surface area contributed by atoms with Gasteiger partial charge in [-0.1, -0.05) is 13.0 Å². The molecule has 1 aromatic carbocycles. The van der Waals surface area contributed by atoms with Gasteiger partial charge in [0.15, 0.2) is 5.78 Å². The molecule has 0 saturated carbocycles. The van der Waals surface area contributed by atoms with E-state index in [-0.39, 0.29) is 18.1 Å². The van der Waals surface area contributed by atoms with E-state index in [1.807, 2.05) is 6.07 Å². The van der Waals surface area contributed by atoms with E-state index in [9.17, 15) is 14.0 Å². The predicted molar refractivity (Wildman–Crippen MR) is 115 cm³/mol. The molecule has 0 atom stereocenters. The van der Waals surface area contributed by atoms with Gasteiger partial charge in [-0.25, -0.2) is 9.37 Å². The van der Waals surface area contributed by atoms with Gasteiger partial charge in [0.25, 0.3) is 0 Å². The fraction of sp³-hybridized carbons (Fsp3) is 0.217. The van der Waals surface area contributed by atoms with E-state index in [0.717, 1.165) is 5.56 Å². The summed E-state index contributed by atoms with van der Waals surface area (Å²) in [7, 11) is 1.61. The zero-order valence-corrected chi connectivity index (χ0v) is 16.9. The van der Waals surface area contributed by atoms with Crippen molar-refractivity contribution in [1.82, 2.24) is 9.97 Å². The Bertz CT molecular complexity index is 1070. The summed E-state index contributed by atoms with van der Waals surface area (Å²) < 4.78 is 14.6. The van der Waals surface area contributed by atoms with Crippen LogP contribution in [-0.4, -0.2) is 28.7 Å². The number of hydrogen-bond acceptors (Lipinski definition) is 5. The Hall–Kier alpha value is -3.61. The minimum Gasteiger partial charge on any atom is -0.383 e. The second-order valence-electron chi connectivity index (χ2n) is 6.87. The first-order valence-corrected chi connectivity index (χ1v) is 9.65. The number of benzene rings is 1. The Balaban J connectivity index is 1.71. The molecule has 0 unspecified atom stereocenters. The first-order chi connectivity index (χ1) is 14.4. The number of nitrogen functional groups attached to an aromatic ring is 1. The van der Waals surface area contributed by atoms with Crippen LogP contribution in [0.5, 0.6) is 0 Å². The number of ketones is 1. The lowest BCUT2D eigenvalue weighted by Gasteiger charge is -2.17. The number of Topliss-reactive ketones (excluding diaryl/α,β-unsaturated/α-hetero) is 1. The van der Waals surface area contributed by atoms with Crippen molar-refractivity contribution >= 4 is 23.2 Å². The largest absolute Gasteiger partial charge is 0.383 e. The molecule has 3 aromatic rings. The maximum absolute atomic E-state index is 14.6. The third-order valence-electron chi connectivity index (χ3n) is 4.93. The highest BCUT2D eigenvalue weighted by atomic mass is 19.1. The second-order valence-corrected chi connectivity index (χ2v) is 6.87. The summed E-state index contributed by atoms with van der Waals surface area (Å²) >= 11 is 0. The number of halogens is 1. The molecular formula is C23H23FN4O2. The number of anilines is 2. The quantitative estimate of drug-likeness (QED) is 0.598. The zero-order valence-electron chi connectivity index (χ0n) is 16.9. The minimum absolute atomic E-state index is 0.0761. The molecule has 6 nitrogen and oxygen atoms in total. The highest BCUT2D eigenvalue weighted by Crippen LogP contribution is 2.26. The number of hydrogen-bond donors (Lipinski definition) is 1. The fourth-order valence-electron chi connectivity index (χ4n) is 3.07. The Labute approximate surface area is 174 Å². The number of nitrogens with zero attached hydrogens (tertiary/aromatic N) is 3. The van der Waals surface area contributed by atoms with Crippen LogP contribution in [0.2, 0.25) is 0 Å². The molecule has 2 N–H and O–H groups in total. The van der Waals surface area contributed by atoms with E-state index in [1.54, 1.807) is 50.5 Å². The van der Waals surface area contributed by atoms with Gasteiger partial charge in [-0.15, -0.1) is 0 Å². The standard InChI is InChI=1S/C23H23FN4O2/c1-3-22(30)28(2)17-8-9-18(19(24)13-17)20-10-6-16(14-27-20)21(29)11-7-15-5-4-12-26-23(15)25/h4-6,8-10,12-14H,3,7,11H2,1-2H3,(H2,25,26). The number of carbonyl (C=O) groups is 2. The Morgan fingerprint density at radius 2 is 1.93 bits per heavy atom. The lowest BCUT2D eigenvalue weighted by molar-refractivity contribution is -0.118. The second kappa shape index (κ2) is 9.26. The Kier molecular flexibility index (Phi) is 6.51. The van der Waals surface area contributed by atoms with Gasteiger partial charge in [-0.3, -0.25) is 14.6 Å². The van der Waals surface area contributed by atoms with E-state index in [0.29, 0.717) is 41.2 Å². The van der Waals surface area contributed by atoms with Crippen molar-refractivity contribution in [2.75, 3.05) is 17.7 Å². The number of carbonyl (C=O) groups excluding carboxylic acids is 2. The van der Waals surface area contributed by atoms with Gasteiger partial charge < -0.3 is 10.6 Å². The predicted octanol–water partition coefficient (Wildman–Crippen LogP) is 4.05. The summed E-state index contributed by atoms with van der Waals surface area (Å²) in [4.78, 5) is 33.9. The molecule has 0 radical (unpaired) electrons. The molecule has 154 valence electrons. The van der Waals surface area contributed by atoms with E-state index in [4.69, 9.17) is 5.73 Å². The van der Waals surface area contributed by atoms with Gasteiger partial charge in [0.2, 0.25) is 5.91 Å². The van der Waals surface area contributed by atoms with Crippen LogP contribution >= 0.6 is 0 Å². The lowest BCUT2D eigenvalue weighted by atomic mass is 10.0. The monoisotopic (exact) mass is 406 g/mol. The molecule has 0 aliphatic carbocycles. The van der Waals surface area contributed by atoms with Gasteiger partial charge in [-0.05, 0) is 48.4 Å². The first kappa shape index (κ1) is 21.1. The van der Waals surface area contributed by atoms with Gasteiger partial charge in [0, 0.05) is 49.1 Å². The highest BCUT2D eigenvalue weighted by molar-refractivity contribution is 5.96. The molecule has 1 amide bonds. The van der Waals surface area contributed by atoms with E-state index >= 15 is 0 Å². The maximum Gasteiger partial charge on any atom is 0.226 e. The van der Waals surface area contributed by atoms with Crippen molar-refractivity contribution in [2.24, 2.45) is 0 Å². The fourth-order valence-corrected chi connectivity index (χ4v) is 3.07. The zero-order chi connectivity index (χ0) is 21.7. The van der Waals surface area contributed by atoms with Gasteiger partial charge in [0.1, 0.15) is 11.6 Å². The maximum atomic E-state index is 14.6. The van der Waals surface area contributed by atoms with Crippen molar-refractivity contribution in [1.29, 1.82) is 0 Å². The molecule has 0 fully saturated rings. The molecule has 2 aromatic heterocycles. The summed E-state index contributed by atoms with van der Waals surface area (Å²) in [5, 5.41) is 0. The van der Waals surface area contributed by atoms with Crippen molar-refractivity contribution < 1.29 is 14.0 Å². The van der Waals surface area contributed by atoms with Crippen LogP contribution in [-0.2, 0) is 11.2 Å². The van der Waals surface area contributed by atoms with Crippen LogP contribution < -0.4 is 10.6 Å². The van der Waals surface area contributed by atoms with Crippen LogP contribution in [0.15, 0.2) is 54.9 Å². The molecule has 0 aliphatic rings. The smallest absolute Gasteiger partial charge is 0.226 e. The number of rotatable bonds is 7. The third kappa shape index (κ3) is 4.68. The Morgan fingerprint density at radius 1 is 1.13 bits per heavy atom. The SMILES string of the molecule is CCC(=O)N(C)c1ccc(-c2ccc(C(=O)CCc3cccnc3N)cn2)c(F)c1. The van der Waals surface area contributed by atoms with Crippen LogP contribution in [0.3, 0.4) is 0 Å². The summed E-state index contributed by atoms with van der Waals surface area (Å²) in [6.07, 6.45) is 4.15. The summed E-state index contributed by atoms with van der Waals surface area (Å²) in [6.45, 7) is 1.75. The van der Waals surface area contributed by atoms with Crippen LogP contribution in [0, 0.1) is 5.82 Å². The molecular weight excluding hydrogens is 383 g/mol. The molecule has 0 bridgehead atoms. The van der Waals surface area contributed by atoms with Gasteiger partial charge in [-0.2, -0.15) is 0 Å². The minimum atomic E-state index is -0.484. The third-order valence-corrected chi connectivity index (χ3v) is 4.93. The average molecular weight is 406 g/mol. The Morgan fingerprint density at radius 3 is 2.57 bits per heavy atom. The topological polar surface area (TPSA) is 89.2 Å². The van der Waals surface area contributed by atoms with E-state index < -0.39 is 5.82 Å². The highest BCUT2D eigenvalue weighted by Gasteiger charge is 2.14. The van der Waals surface area contributed by atoms with Crippen LogP contribution in [0.25, 0.3) is 11.3 Å².